The van der Waals surface area contributed by atoms with Crippen molar-refractivity contribution in [2.45, 2.75) is 0 Å². The highest BCUT2D eigenvalue weighted by Gasteiger charge is 2.21. The number of carbonyl (C=O) groups excluding carboxylic acids is 2. The lowest BCUT2D eigenvalue weighted by Crippen LogP contribution is -2.47. The van der Waals surface area contributed by atoms with Crippen LogP contribution in [0, 0.1) is 5.82 Å². The Morgan fingerprint density at radius 3 is 2.41 bits per heavy atom. The molecule has 32 heavy (non-hydrogen) atoms. The summed E-state index contributed by atoms with van der Waals surface area (Å²) < 4.78 is 15.5. The van der Waals surface area contributed by atoms with Gasteiger partial charge in [0.25, 0.3) is 11.8 Å². The van der Waals surface area contributed by atoms with Gasteiger partial charge in [-0.2, -0.15) is 5.10 Å². The van der Waals surface area contributed by atoms with Crippen molar-refractivity contribution in [2.75, 3.05) is 38.5 Å². The average Bonchev–Trinajstić information content (AvgIpc) is 3.18. The molecule has 8 nitrogen and oxygen atoms in total. The predicted molar refractivity (Wildman–Crippen MR) is 120 cm³/mol. The summed E-state index contributed by atoms with van der Waals surface area (Å²) in [4.78, 5) is 28.6. The molecule has 3 aromatic rings. The number of hydrogen-bond donors (Lipinski definition) is 2. The predicted octanol–water partition coefficient (Wildman–Crippen LogP) is 2.89. The van der Waals surface area contributed by atoms with Crippen molar-refractivity contribution in [1.82, 2.24) is 19.6 Å². The van der Waals surface area contributed by atoms with Gasteiger partial charge in [-0.3, -0.25) is 9.59 Å². The van der Waals surface area contributed by atoms with Crippen molar-refractivity contribution in [3.05, 3.63) is 70.8 Å². The lowest BCUT2D eigenvalue weighted by Gasteiger charge is -2.32. The van der Waals surface area contributed by atoms with Crippen LogP contribution in [0.2, 0.25) is 5.02 Å². The monoisotopic (exact) mass is 456 g/mol. The van der Waals surface area contributed by atoms with Gasteiger partial charge >= 0.3 is 0 Å². The maximum absolute atomic E-state index is 14.3. The van der Waals surface area contributed by atoms with Crippen LogP contribution in [0.1, 0.15) is 20.8 Å². The molecule has 0 aliphatic carbocycles. The highest BCUT2D eigenvalue weighted by atomic mass is 35.5. The summed E-state index contributed by atoms with van der Waals surface area (Å²) in [6, 6.07) is 11.1. The van der Waals surface area contributed by atoms with Crippen molar-refractivity contribution >= 4 is 34.8 Å². The molecular formula is C22H22ClFN6O2. The van der Waals surface area contributed by atoms with E-state index in [2.05, 4.69) is 15.3 Å². The Bertz CT molecular complexity index is 1140. The van der Waals surface area contributed by atoms with Gasteiger partial charge in [-0.15, -0.1) is 0 Å². The summed E-state index contributed by atoms with van der Waals surface area (Å²) in [6.07, 6.45) is 1.44. The number of nitrogens with zero attached hydrogens (tertiary/aromatic N) is 4. The van der Waals surface area contributed by atoms with Crippen LogP contribution in [-0.4, -0.2) is 64.6 Å². The second kappa shape index (κ2) is 8.97. The van der Waals surface area contributed by atoms with Crippen LogP contribution in [0.15, 0.2) is 48.7 Å². The van der Waals surface area contributed by atoms with Crippen LogP contribution >= 0.6 is 11.6 Å². The van der Waals surface area contributed by atoms with E-state index in [0.717, 1.165) is 13.1 Å². The first-order valence-electron chi connectivity index (χ1n) is 10.0. The Kier molecular flexibility index (Phi) is 6.11. The minimum absolute atomic E-state index is 0.0119. The fraction of sp³-hybridized carbons (Fsp3) is 0.227. The van der Waals surface area contributed by atoms with E-state index in [1.54, 1.807) is 24.3 Å². The molecule has 1 aromatic heterocycles. The maximum atomic E-state index is 14.3. The molecule has 0 atom stereocenters. The molecule has 1 aliphatic heterocycles. The van der Waals surface area contributed by atoms with Gasteiger partial charge in [0.05, 0.1) is 16.9 Å². The number of hydrogen-bond acceptors (Lipinski definition) is 5. The highest BCUT2D eigenvalue weighted by molar-refractivity contribution is 6.32. The molecule has 1 aliphatic rings. The molecule has 2 amide bonds. The van der Waals surface area contributed by atoms with Gasteiger partial charge in [0.15, 0.2) is 5.69 Å². The van der Waals surface area contributed by atoms with E-state index in [0.29, 0.717) is 24.3 Å². The third kappa shape index (κ3) is 4.44. The smallest absolute Gasteiger partial charge is 0.271 e. The Morgan fingerprint density at radius 1 is 1.09 bits per heavy atom. The van der Waals surface area contributed by atoms with Crippen molar-refractivity contribution in [2.24, 2.45) is 5.73 Å². The summed E-state index contributed by atoms with van der Waals surface area (Å²) in [5.74, 6) is -1.39. The van der Waals surface area contributed by atoms with E-state index in [1.165, 1.54) is 29.1 Å². The van der Waals surface area contributed by atoms with Gasteiger partial charge in [-0.25, -0.2) is 9.07 Å². The number of benzene rings is 2. The molecule has 3 N–H and O–H groups in total. The molecule has 1 fully saturated rings. The molecule has 0 spiro atoms. The lowest BCUT2D eigenvalue weighted by molar-refractivity contribution is 0.0664. The first-order valence-corrected chi connectivity index (χ1v) is 10.4. The third-order valence-corrected chi connectivity index (χ3v) is 5.62. The quantitative estimate of drug-likeness (QED) is 0.615. The standard InChI is InChI=1S/C22H22ClFN6O2/c1-28-9-11-29(12-10-28)22(32)14-5-7-15(8-6-14)26-18-13-30(27-19(18)21(25)31)20-16(23)3-2-4-17(20)24/h2-8,13,26H,9-12H2,1H3,(H2,25,31). The molecule has 2 aromatic carbocycles. The van der Waals surface area contributed by atoms with Crippen LogP contribution in [0.4, 0.5) is 15.8 Å². The lowest BCUT2D eigenvalue weighted by atomic mass is 10.1. The number of amides is 2. The molecule has 2 heterocycles. The van der Waals surface area contributed by atoms with Crippen LogP contribution < -0.4 is 11.1 Å². The SMILES string of the molecule is CN1CCN(C(=O)c2ccc(Nc3cn(-c4c(F)cccc4Cl)nc3C(N)=O)cc2)CC1. The van der Waals surface area contributed by atoms with Crippen molar-refractivity contribution in [3.63, 3.8) is 0 Å². The van der Waals surface area contributed by atoms with E-state index >= 15 is 0 Å². The zero-order valence-corrected chi connectivity index (χ0v) is 18.1. The second-order valence-electron chi connectivity index (χ2n) is 7.57. The van der Waals surface area contributed by atoms with Crippen LogP contribution in [0.5, 0.6) is 0 Å². The molecule has 0 bridgehead atoms. The number of primary amides is 1. The van der Waals surface area contributed by atoms with Gasteiger partial charge in [0.1, 0.15) is 11.5 Å². The minimum atomic E-state index is -0.777. The number of aromatic nitrogens is 2. The van der Waals surface area contributed by atoms with Gasteiger partial charge in [0.2, 0.25) is 0 Å². The first-order chi connectivity index (χ1) is 15.3. The Balaban J connectivity index is 1.56. The fourth-order valence-electron chi connectivity index (χ4n) is 3.51. The number of para-hydroxylation sites is 1. The number of likely N-dealkylation sites (N-methyl/N-ethyl adjacent to an activating group) is 1. The Morgan fingerprint density at radius 2 is 1.78 bits per heavy atom. The second-order valence-corrected chi connectivity index (χ2v) is 7.98. The van der Waals surface area contributed by atoms with Gasteiger partial charge in [0, 0.05) is 37.4 Å². The number of halogens is 2. The molecule has 0 unspecified atom stereocenters. The van der Waals surface area contributed by atoms with Gasteiger partial charge in [-0.05, 0) is 43.4 Å². The topological polar surface area (TPSA) is 96.5 Å². The molecule has 166 valence electrons. The summed E-state index contributed by atoms with van der Waals surface area (Å²) in [7, 11) is 2.03. The number of rotatable bonds is 5. The van der Waals surface area contributed by atoms with Crippen molar-refractivity contribution in [3.8, 4) is 5.69 Å². The Hall–Kier alpha value is -3.43. The molecule has 1 saturated heterocycles. The summed E-state index contributed by atoms with van der Waals surface area (Å²) in [5.41, 5.74) is 6.87. The summed E-state index contributed by atoms with van der Waals surface area (Å²) in [6.45, 7) is 3.07. The molecule has 0 saturated carbocycles. The van der Waals surface area contributed by atoms with E-state index in [1.807, 2.05) is 11.9 Å². The molecule has 4 rings (SSSR count). The number of nitrogens with two attached hydrogens (primary N) is 1. The summed E-state index contributed by atoms with van der Waals surface area (Å²) in [5, 5.41) is 7.30. The first kappa shape index (κ1) is 21.8. The highest BCUT2D eigenvalue weighted by Crippen LogP contribution is 2.27. The van der Waals surface area contributed by atoms with Crippen LogP contribution in [0.25, 0.3) is 5.69 Å². The number of anilines is 2. The van der Waals surface area contributed by atoms with Crippen molar-refractivity contribution < 1.29 is 14.0 Å². The fourth-order valence-corrected chi connectivity index (χ4v) is 3.76. The zero-order chi connectivity index (χ0) is 22.8. The van der Waals surface area contributed by atoms with Gasteiger partial charge < -0.3 is 20.9 Å². The maximum Gasteiger partial charge on any atom is 0.271 e. The molecule has 0 radical (unpaired) electrons. The summed E-state index contributed by atoms with van der Waals surface area (Å²) >= 11 is 6.11. The minimum Gasteiger partial charge on any atom is -0.364 e. The van der Waals surface area contributed by atoms with E-state index < -0.39 is 11.7 Å². The van der Waals surface area contributed by atoms with E-state index in [4.69, 9.17) is 17.3 Å². The largest absolute Gasteiger partial charge is 0.364 e. The van der Waals surface area contributed by atoms with E-state index in [-0.39, 0.29) is 28.0 Å². The molecule has 10 heteroatoms. The Labute approximate surface area is 189 Å². The van der Waals surface area contributed by atoms with Gasteiger partial charge in [-0.1, -0.05) is 17.7 Å². The van der Waals surface area contributed by atoms with E-state index in [9.17, 15) is 14.0 Å². The molecular weight excluding hydrogens is 435 g/mol. The number of nitrogens with one attached hydrogen (secondary N) is 1. The van der Waals surface area contributed by atoms with Crippen LogP contribution in [-0.2, 0) is 0 Å². The number of carbonyl (C=O) groups is 2. The third-order valence-electron chi connectivity index (χ3n) is 5.32. The van der Waals surface area contributed by atoms with Crippen LogP contribution in [0.3, 0.4) is 0 Å². The zero-order valence-electron chi connectivity index (χ0n) is 17.4. The average molecular weight is 457 g/mol. The normalized spacial score (nSPS) is 14.4. The number of piperazine rings is 1. The van der Waals surface area contributed by atoms with Crippen molar-refractivity contribution in [1.29, 1.82) is 0 Å².